The van der Waals surface area contributed by atoms with Gasteiger partial charge in [0.15, 0.2) is 0 Å². The van der Waals surface area contributed by atoms with Gasteiger partial charge in [0.05, 0.1) is 28.7 Å². The molecule has 12 heteroatoms. The number of H-pyrrole nitrogens is 1. The molecule has 0 radical (unpaired) electrons. The van der Waals surface area contributed by atoms with Gasteiger partial charge in [-0.25, -0.2) is 4.98 Å². The molecule has 1 fully saturated rings. The number of hydrogen-bond acceptors (Lipinski definition) is 8. The number of nitrogens with zero attached hydrogens (tertiary/aromatic N) is 5. The van der Waals surface area contributed by atoms with Gasteiger partial charge >= 0.3 is 0 Å². The van der Waals surface area contributed by atoms with Crippen LogP contribution in [0.4, 0.5) is 5.69 Å². The van der Waals surface area contributed by atoms with Crippen molar-refractivity contribution in [2.45, 2.75) is 16.6 Å². The van der Waals surface area contributed by atoms with E-state index in [4.69, 9.17) is 0 Å². The fourth-order valence-electron chi connectivity index (χ4n) is 4.14. The quantitative estimate of drug-likeness (QED) is 0.526. The summed E-state index contributed by atoms with van der Waals surface area (Å²) in [6.45, 7) is 2.34. The molecule has 2 aliphatic rings. The molecule has 2 unspecified atom stereocenters. The first-order chi connectivity index (χ1) is 15.9. The molecule has 2 aromatic heterocycles. The Balaban J connectivity index is 1.40. The zero-order valence-electron chi connectivity index (χ0n) is 18.4. The molecular weight excluding hydrogens is 480 g/mol. The van der Waals surface area contributed by atoms with Gasteiger partial charge in [0.2, 0.25) is 5.16 Å². The predicted molar refractivity (Wildman–Crippen MR) is 135 cm³/mol. The minimum Gasteiger partial charge on any atom is -0.377 e. The summed E-state index contributed by atoms with van der Waals surface area (Å²) in [4.78, 5) is 14.2. The van der Waals surface area contributed by atoms with E-state index in [0.29, 0.717) is 17.7 Å². The van der Waals surface area contributed by atoms with Crippen LogP contribution < -0.4 is 4.31 Å². The molecule has 2 N–H and O–H groups in total. The number of rotatable bonds is 6. The van der Waals surface area contributed by atoms with Gasteiger partial charge in [-0.1, -0.05) is 23.9 Å². The Labute approximate surface area is 201 Å². The van der Waals surface area contributed by atoms with Crippen LogP contribution >= 0.6 is 23.5 Å². The van der Waals surface area contributed by atoms with E-state index in [1.165, 1.54) is 22.1 Å². The maximum atomic E-state index is 13.2. The third kappa shape index (κ3) is 4.18. The van der Waals surface area contributed by atoms with Gasteiger partial charge < -0.3 is 14.7 Å². The topological polar surface area (TPSA) is 107 Å². The minimum atomic E-state index is -3.82. The van der Waals surface area contributed by atoms with E-state index in [-0.39, 0.29) is 10.4 Å². The highest BCUT2D eigenvalue weighted by atomic mass is 32.2. The molecule has 0 bridgehead atoms. The molecule has 1 aromatic carbocycles. The molecule has 2 aliphatic heterocycles. The summed E-state index contributed by atoms with van der Waals surface area (Å²) < 4.78 is 29.1. The first kappa shape index (κ1) is 22.8. The van der Waals surface area contributed by atoms with E-state index in [1.807, 2.05) is 30.0 Å². The lowest BCUT2D eigenvalue weighted by molar-refractivity contribution is 0.0117. The van der Waals surface area contributed by atoms with E-state index in [0.717, 1.165) is 40.7 Å². The lowest BCUT2D eigenvalue weighted by Gasteiger charge is -2.33. The second-order valence-corrected chi connectivity index (χ2v) is 12.4. The number of aliphatic hydroxyl groups is 1. The van der Waals surface area contributed by atoms with Crippen LogP contribution in [0.25, 0.3) is 10.9 Å². The number of aryl methyl sites for hydroxylation is 1. The van der Waals surface area contributed by atoms with Crippen LogP contribution in [0.2, 0.25) is 0 Å². The highest BCUT2D eigenvalue weighted by Crippen LogP contribution is 2.34. The molecular formula is C21H26N6O3S3. The molecule has 2 atom stereocenters. The van der Waals surface area contributed by atoms with Crippen molar-refractivity contribution in [3.63, 3.8) is 0 Å². The summed E-state index contributed by atoms with van der Waals surface area (Å²) in [6, 6.07) is 7.54. The molecule has 0 aliphatic carbocycles. The zero-order valence-corrected chi connectivity index (χ0v) is 20.8. The largest absolute Gasteiger partial charge is 0.377 e. The monoisotopic (exact) mass is 506 g/mol. The molecule has 1 saturated heterocycles. The van der Waals surface area contributed by atoms with Gasteiger partial charge in [-0.2, -0.15) is 20.2 Å². The van der Waals surface area contributed by atoms with E-state index >= 15 is 0 Å². The van der Waals surface area contributed by atoms with Crippen LogP contribution in [0, 0.1) is 0 Å². The number of aliphatic hydroxyl groups excluding tert-OH is 1. The Kier molecular flexibility index (Phi) is 6.21. The number of aromatic amines is 1. The van der Waals surface area contributed by atoms with E-state index < -0.39 is 16.3 Å². The van der Waals surface area contributed by atoms with Crippen molar-refractivity contribution in [2.75, 3.05) is 42.5 Å². The smallest absolute Gasteiger partial charge is 0.298 e. The van der Waals surface area contributed by atoms with E-state index in [9.17, 15) is 13.5 Å². The molecule has 33 heavy (non-hydrogen) atoms. The van der Waals surface area contributed by atoms with Crippen LogP contribution in [0.5, 0.6) is 0 Å². The predicted octanol–water partition coefficient (Wildman–Crippen LogP) is 1.96. The summed E-state index contributed by atoms with van der Waals surface area (Å²) >= 11 is 3.49. The molecule has 0 saturated carbocycles. The number of para-hydroxylation sites is 1. The number of hydrogen-bond donors (Lipinski definition) is 2. The summed E-state index contributed by atoms with van der Waals surface area (Å²) in [5.74, 6) is 2.09. The van der Waals surface area contributed by atoms with Gasteiger partial charge in [0.1, 0.15) is 11.3 Å². The first-order valence-electron chi connectivity index (χ1n) is 10.7. The second-order valence-electron chi connectivity index (χ2n) is 8.08. The highest BCUT2D eigenvalue weighted by Gasteiger charge is 2.33. The normalized spacial score (nSPS) is 20.8. The highest BCUT2D eigenvalue weighted by molar-refractivity contribution is 8.15. The molecule has 9 nitrogen and oxygen atoms in total. The second kappa shape index (κ2) is 8.99. The number of nitrogens with one attached hydrogen (secondary N) is 1. The average Bonchev–Trinajstić information content (AvgIpc) is 3.57. The molecule has 4 heterocycles. The van der Waals surface area contributed by atoms with Crippen molar-refractivity contribution in [3.05, 3.63) is 42.4 Å². The van der Waals surface area contributed by atoms with Crippen LogP contribution in [0.1, 0.15) is 5.69 Å². The van der Waals surface area contributed by atoms with Crippen LogP contribution in [0.15, 0.2) is 46.8 Å². The lowest BCUT2D eigenvalue weighted by atomic mass is 10.2. The van der Waals surface area contributed by atoms with Crippen molar-refractivity contribution in [1.82, 2.24) is 19.4 Å². The lowest BCUT2D eigenvalue weighted by Crippen LogP contribution is -2.46. The molecule has 0 spiro atoms. The minimum absolute atomic E-state index is 0.0135. The van der Waals surface area contributed by atoms with E-state index in [1.54, 1.807) is 31.1 Å². The van der Waals surface area contributed by atoms with Crippen molar-refractivity contribution < 1.29 is 13.5 Å². The Bertz CT molecular complexity index is 1300. The number of aromatic nitrogens is 3. The van der Waals surface area contributed by atoms with E-state index in [2.05, 4.69) is 19.9 Å². The third-order valence-corrected chi connectivity index (χ3v) is 9.98. The Morgan fingerprint density at radius 3 is 2.82 bits per heavy atom. The SMILES string of the molecule is CN(c1cccc2cc(C3=NCC(C(O)N4CCSCC4)S3)[nH]c12)S(=O)(=O)c1nccn1C. The maximum absolute atomic E-state index is 13.2. The maximum Gasteiger partial charge on any atom is 0.298 e. The number of aliphatic imine (C=N–C) groups is 1. The Hall–Kier alpha value is -1.99. The summed E-state index contributed by atoms with van der Waals surface area (Å²) in [5, 5.41) is 12.5. The zero-order chi connectivity index (χ0) is 23.2. The van der Waals surface area contributed by atoms with Crippen molar-refractivity contribution in [2.24, 2.45) is 12.0 Å². The van der Waals surface area contributed by atoms with Gasteiger partial charge in [0, 0.05) is 56.5 Å². The number of sulfonamides is 1. The third-order valence-electron chi connectivity index (χ3n) is 6.00. The van der Waals surface area contributed by atoms with Crippen molar-refractivity contribution in [1.29, 1.82) is 0 Å². The number of thioether (sulfide) groups is 2. The Morgan fingerprint density at radius 2 is 2.09 bits per heavy atom. The molecule has 3 aromatic rings. The standard InChI is InChI=1S/C21H26N6O3S3/c1-25-7-6-22-21(25)33(29,30)26(2)16-5-3-4-14-12-15(24-18(14)16)19-23-13-17(32-19)20(28)27-8-10-31-11-9-27/h3-7,12,17,20,24,28H,8-11,13H2,1-2H3. The molecule has 0 amide bonds. The fourth-order valence-corrected chi connectivity index (χ4v) is 7.46. The van der Waals surface area contributed by atoms with Crippen LogP contribution in [-0.2, 0) is 17.1 Å². The van der Waals surface area contributed by atoms with Crippen LogP contribution in [0.3, 0.4) is 0 Å². The first-order valence-corrected chi connectivity index (χ1v) is 14.1. The fraction of sp³-hybridized carbons (Fsp3) is 0.429. The number of benzene rings is 1. The summed E-state index contributed by atoms with van der Waals surface area (Å²) in [7, 11) is -0.635. The number of anilines is 1. The van der Waals surface area contributed by atoms with Crippen molar-refractivity contribution >= 4 is 55.2 Å². The van der Waals surface area contributed by atoms with Crippen molar-refractivity contribution in [3.8, 4) is 0 Å². The summed E-state index contributed by atoms with van der Waals surface area (Å²) in [6.07, 6.45) is 2.56. The van der Waals surface area contributed by atoms with Gasteiger partial charge in [-0.3, -0.25) is 14.2 Å². The van der Waals surface area contributed by atoms with Gasteiger partial charge in [-0.15, -0.1) is 0 Å². The number of imidazole rings is 1. The Morgan fingerprint density at radius 1 is 1.30 bits per heavy atom. The van der Waals surface area contributed by atoms with Gasteiger partial charge in [-0.05, 0) is 12.1 Å². The number of fused-ring (bicyclic) bond motifs is 1. The van der Waals surface area contributed by atoms with Crippen LogP contribution in [-0.4, -0.2) is 87.7 Å². The van der Waals surface area contributed by atoms with Gasteiger partial charge in [0.25, 0.3) is 10.0 Å². The average molecular weight is 507 g/mol. The summed E-state index contributed by atoms with van der Waals surface area (Å²) in [5.41, 5.74) is 2.08. The molecule has 5 rings (SSSR count). The molecule has 176 valence electrons.